The number of allylic oxidation sites excluding steroid dienone is 1. The molecule has 0 aromatic carbocycles. The van der Waals surface area contributed by atoms with Crippen LogP contribution in [0.4, 0.5) is 0 Å². The maximum absolute atomic E-state index is 12.7. The molecule has 0 radical (unpaired) electrons. The van der Waals surface area contributed by atoms with Gasteiger partial charge in [0.1, 0.15) is 11.3 Å². The Kier molecular flexibility index (Phi) is 3.62. The van der Waals surface area contributed by atoms with Crippen molar-refractivity contribution in [2.45, 2.75) is 51.5 Å². The highest BCUT2D eigenvalue weighted by Crippen LogP contribution is 2.46. The molecule has 5 atom stereocenters. The first-order valence-corrected chi connectivity index (χ1v) is 8.19. The van der Waals surface area contributed by atoms with E-state index in [-0.39, 0.29) is 35.4 Å². The first kappa shape index (κ1) is 15.3. The summed E-state index contributed by atoms with van der Waals surface area (Å²) < 4.78 is 0. The molecular weight excluding hydrogens is 282 g/mol. The predicted octanol–water partition coefficient (Wildman–Crippen LogP) is 1.92. The van der Waals surface area contributed by atoms with Crippen molar-refractivity contribution >= 4 is 17.7 Å². The highest BCUT2D eigenvalue weighted by Gasteiger charge is 2.59. The lowest BCUT2D eigenvalue weighted by Crippen LogP contribution is -2.46. The number of nitrogens with one attached hydrogen (secondary N) is 1. The van der Waals surface area contributed by atoms with Crippen LogP contribution in [0.25, 0.3) is 0 Å². The number of carbonyl (C=O) groups is 3. The molecule has 5 nitrogen and oxygen atoms in total. The summed E-state index contributed by atoms with van der Waals surface area (Å²) in [5.41, 5.74) is -0.455. The van der Waals surface area contributed by atoms with Crippen molar-refractivity contribution in [2.75, 3.05) is 0 Å². The molecule has 120 valence electrons. The average molecular weight is 305 g/mol. The topological polar surface area (TPSA) is 83.5 Å². The van der Waals surface area contributed by atoms with Crippen LogP contribution in [0.2, 0.25) is 0 Å². The number of hydrogen-bond donors (Lipinski definition) is 2. The van der Waals surface area contributed by atoms with Gasteiger partial charge in [-0.05, 0) is 43.4 Å². The maximum Gasteiger partial charge on any atom is 0.329 e. The van der Waals surface area contributed by atoms with Gasteiger partial charge in [-0.15, -0.1) is 0 Å². The second-order valence-electron chi connectivity index (χ2n) is 7.08. The van der Waals surface area contributed by atoms with Crippen molar-refractivity contribution in [1.82, 2.24) is 5.32 Å². The molecule has 22 heavy (non-hydrogen) atoms. The minimum atomic E-state index is -1.10. The molecule has 0 bridgehead atoms. The Morgan fingerprint density at radius 3 is 2.64 bits per heavy atom. The highest BCUT2D eigenvalue weighted by molar-refractivity contribution is 6.00. The van der Waals surface area contributed by atoms with Gasteiger partial charge >= 0.3 is 5.97 Å². The normalized spacial score (nSPS) is 39.9. The summed E-state index contributed by atoms with van der Waals surface area (Å²) in [6.07, 6.45) is 5.44. The zero-order chi connectivity index (χ0) is 16.1. The van der Waals surface area contributed by atoms with E-state index in [1.807, 2.05) is 13.0 Å². The number of hydrogen-bond acceptors (Lipinski definition) is 3. The number of carboxylic acids is 1. The van der Waals surface area contributed by atoms with Crippen LogP contribution in [-0.2, 0) is 14.4 Å². The molecule has 0 aromatic heterocycles. The molecule has 0 aliphatic heterocycles. The number of Topliss-reactive ketones (excluding diaryl/α,β-unsaturated/α-hetero) is 1. The SMILES string of the molecule is CCC1C=C(C(=O)NC2(C(=O)O)CC2C)C2CCC(=O)C2C1. The Hall–Kier alpha value is -1.65. The maximum atomic E-state index is 12.7. The Bertz CT molecular complexity index is 567. The fraction of sp³-hybridized carbons (Fsp3) is 0.706. The van der Waals surface area contributed by atoms with Crippen molar-refractivity contribution in [3.8, 4) is 0 Å². The molecule has 5 heteroatoms. The minimum Gasteiger partial charge on any atom is -0.479 e. The van der Waals surface area contributed by atoms with Gasteiger partial charge in [0, 0.05) is 17.9 Å². The van der Waals surface area contributed by atoms with E-state index in [0.29, 0.717) is 18.4 Å². The van der Waals surface area contributed by atoms with E-state index in [1.165, 1.54) is 0 Å². The summed E-state index contributed by atoms with van der Waals surface area (Å²) >= 11 is 0. The Morgan fingerprint density at radius 2 is 2.09 bits per heavy atom. The number of ketones is 1. The van der Waals surface area contributed by atoms with E-state index in [2.05, 4.69) is 12.2 Å². The van der Waals surface area contributed by atoms with E-state index in [0.717, 1.165) is 19.3 Å². The molecule has 2 fully saturated rings. The van der Waals surface area contributed by atoms with E-state index in [1.54, 1.807) is 0 Å². The van der Waals surface area contributed by atoms with E-state index < -0.39 is 11.5 Å². The van der Waals surface area contributed by atoms with Crippen molar-refractivity contribution in [2.24, 2.45) is 23.7 Å². The van der Waals surface area contributed by atoms with Gasteiger partial charge in [0.2, 0.25) is 5.91 Å². The number of carbonyl (C=O) groups excluding carboxylic acids is 2. The molecule has 5 unspecified atom stereocenters. The predicted molar refractivity (Wildman–Crippen MR) is 80.0 cm³/mol. The second-order valence-corrected chi connectivity index (χ2v) is 7.08. The van der Waals surface area contributed by atoms with Crippen LogP contribution in [-0.4, -0.2) is 28.3 Å². The van der Waals surface area contributed by atoms with Crippen molar-refractivity contribution in [1.29, 1.82) is 0 Å². The first-order chi connectivity index (χ1) is 10.4. The second kappa shape index (κ2) is 5.21. The third-order valence-electron chi connectivity index (χ3n) is 5.79. The summed E-state index contributed by atoms with van der Waals surface area (Å²) in [6, 6.07) is 0. The zero-order valence-corrected chi connectivity index (χ0v) is 13.1. The summed E-state index contributed by atoms with van der Waals surface area (Å²) in [7, 11) is 0. The molecule has 0 heterocycles. The lowest BCUT2D eigenvalue weighted by atomic mass is 9.74. The number of rotatable bonds is 4. The van der Waals surface area contributed by atoms with Crippen LogP contribution >= 0.6 is 0 Å². The molecule has 0 spiro atoms. The number of aliphatic carboxylic acids is 1. The molecule has 3 rings (SSSR count). The monoisotopic (exact) mass is 305 g/mol. The quantitative estimate of drug-likeness (QED) is 0.831. The van der Waals surface area contributed by atoms with E-state index >= 15 is 0 Å². The van der Waals surface area contributed by atoms with Gasteiger partial charge in [0.25, 0.3) is 0 Å². The Morgan fingerprint density at radius 1 is 1.41 bits per heavy atom. The number of carboxylic acid groups (broad SMARTS) is 1. The Labute approximate surface area is 130 Å². The molecule has 3 aliphatic carbocycles. The Balaban J connectivity index is 1.82. The molecule has 2 N–H and O–H groups in total. The van der Waals surface area contributed by atoms with Crippen molar-refractivity contribution < 1.29 is 19.5 Å². The smallest absolute Gasteiger partial charge is 0.329 e. The van der Waals surface area contributed by atoms with Crippen LogP contribution in [0, 0.1) is 23.7 Å². The fourth-order valence-corrected chi connectivity index (χ4v) is 4.10. The van der Waals surface area contributed by atoms with E-state index in [4.69, 9.17) is 0 Å². The van der Waals surface area contributed by atoms with Crippen LogP contribution < -0.4 is 5.32 Å². The molecular formula is C17H23NO4. The number of fused-ring (bicyclic) bond motifs is 1. The molecule has 3 aliphatic rings. The largest absolute Gasteiger partial charge is 0.479 e. The minimum absolute atomic E-state index is 0.0183. The highest BCUT2D eigenvalue weighted by atomic mass is 16.4. The molecule has 0 aromatic rings. The molecule has 1 amide bonds. The summed E-state index contributed by atoms with van der Waals surface area (Å²) in [6.45, 7) is 3.89. The van der Waals surface area contributed by atoms with Gasteiger partial charge in [-0.3, -0.25) is 9.59 Å². The molecule has 0 saturated heterocycles. The van der Waals surface area contributed by atoms with Crippen LogP contribution in [0.3, 0.4) is 0 Å². The molecule has 2 saturated carbocycles. The van der Waals surface area contributed by atoms with Crippen molar-refractivity contribution in [3.63, 3.8) is 0 Å². The van der Waals surface area contributed by atoms with Crippen LogP contribution in [0.15, 0.2) is 11.6 Å². The van der Waals surface area contributed by atoms with Gasteiger partial charge in [-0.2, -0.15) is 0 Å². The summed E-state index contributed by atoms with van der Waals surface area (Å²) in [5.74, 6) is -0.856. The van der Waals surface area contributed by atoms with Gasteiger partial charge in [-0.1, -0.05) is 19.9 Å². The summed E-state index contributed by atoms with van der Waals surface area (Å²) in [5, 5.41) is 12.1. The van der Waals surface area contributed by atoms with Crippen LogP contribution in [0.1, 0.15) is 46.0 Å². The van der Waals surface area contributed by atoms with Gasteiger partial charge < -0.3 is 10.4 Å². The fourth-order valence-electron chi connectivity index (χ4n) is 4.10. The van der Waals surface area contributed by atoms with Gasteiger partial charge in [0.15, 0.2) is 0 Å². The standard InChI is InChI=1S/C17H23NO4/c1-3-10-6-12-11(4-5-14(12)19)13(7-10)15(20)18-17(16(21)22)8-9(17)2/h7,9-12H,3-6,8H2,1-2H3,(H,18,20)(H,21,22). The first-order valence-electron chi connectivity index (χ1n) is 8.19. The van der Waals surface area contributed by atoms with E-state index in [9.17, 15) is 19.5 Å². The van der Waals surface area contributed by atoms with Gasteiger partial charge in [0.05, 0.1) is 0 Å². The van der Waals surface area contributed by atoms with Crippen LogP contribution in [0.5, 0.6) is 0 Å². The van der Waals surface area contributed by atoms with Crippen molar-refractivity contribution in [3.05, 3.63) is 11.6 Å². The zero-order valence-electron chi connectivity index (χ0n) is 13.1. The van der Waals surface area contributed by atoms with Gasteiger partial charge in [-0.25, -0.2) is 4.79 Å². The summed E-state index contributed by atoms with van der Waals surface area (Å²) in [4.78, 5) is 36.1. The average Bonchev–Trinajstić information content (AvgIpc) is 2.99. The third kappa shape index (κ3) is 2.27. The lowest BCUT2D eigenvalue weighted by molar-refractivity contribution is -0.143. The lowest BCUT2D eigenvalue weighted by Gasteiger charge is -2.30. The number of amides is 1. The third-order valence-corrected chi connectivity index (χ3v) is 5.79.